The lowest BCUT2D eigenvalue weighted by atomic mass is 10.1. The average Bonchev–Trinajstić information content (AvgIpc) is 2.50. The Morgan fingerprint density at radius 1 is 1.46 bits per heavy atom. The van der Waals surface area contributed by atoms with E-state index in [9.17, 15) is 4.79 Å². The fraction of sp³-hybridized carbons (Fsp3) is 0.667. The van der Waals surface area contributed by atoms with Gasteiger partial charge in [-0.3, -0.25) is 4.79 Å². The van der Waals surface area contributed by atoms with E-state index in [2.05, 4.69) is 31.1 Å². The van der Waals surface area contributed by atoms with E-state index in [4.69, 9.17) is 0 Å². The van der Waals surface area contributed by atoms with E-state index < -0.39 is 0 Å². The van der Waals surface area contributed by atoms with Crippen molar-refractivity contribution in [3.05, 3.63) is 11.9 Å². The van der Waals surface area contributed by atoms with Crippen LogP contribution in [-0.4, -0.2) is 20.8 Å². The highest BCUT2D eigenvalue weighted by Crippen LogP contribution is 2.14. The van der Waals surface area contributed by atoms with Gasteiger partial charge in [0.15, 0.2) is 5.78 Å². The third-order valence-corrected chi connectivity index (χ3v) is 2.25. The standard InChI is InChI=1S/C9H15N3O/c1-6(2)7(3)12-5-9(8(4)13)10-11-12/h5-7H,1-4H3. The van der Waals surface area contributed by atoms with Crippen molar-refractivity contribution in [1.82, 2.24) is 15.0 Å². The summed E-state index contributed by atoms with van der Waals surface area (Å²) in [4.78, 5) is 10.9. The molecule has 1 aromatic heterocycles. The molecule has 1 heterocycles. The predicted octanol–water partition coefficient (Wildman–Crippen LogP) is 1.70. The highest BCUT2D eigenvalue weighted by molar-refractivity contribution is 5.91. The molecular formula is C9H15N3O. The molecular weight excluding hydrogens is 166 g/mol. The second-order valence-corrected chi connectivity index (χ2v) is 3.62. The lowest BCUT2D eigenvalue weighted by Crippen LogP contribution is -2.11. The molecule has 0 bridgehead atoms. The molecule has 0 saturated heterocycles. The molecule has 0 aliphatic heterocycles. The summed E-state index contributed by atoms with van der Waals surface area (Å²) in [5.41, 5.74) is 0.438. The molecule has 1 unspecified atom stereocenters. The molecule has 0 saturated carbocycles. The Labute approximate surface area is 77.9 Å². The van der Waals surface area contributed by atoms with E-state index >= 15 is 0 Å². The highest BCUT2D eigenvalue weighted by atomic mass is 16.1. The Hall–Kier alpha value is -1.19. The molecule has 0 N–H and O–H groups in total. The van der Waals surface area contributed by atoms with Crippen LogP contribution in [0.3, 0.4) is 0 Å². The number of hydrogen-bond acceptors (Lipinski definition) is 3. The van der Waals surface area contributed by atoms with Crippen molar-refractivity contribution in [2.45, 2.75) is 33.7 Å². The number of carbonyl (C=O) groups is 1. The number of nitrogens with zero attached hydrogens (tertiary/aromatic N) is 3. The predicted molar refractivity (Wildman–Crippen MR) is 49.6 cm³/mol. The van der Waals surface area contributed by atoms with Crippen LogP contribution in [-0.2, 0) is 0 Å². The Balaban J connectivity index is 2.85. The summed E-state index contributed by atoms with van der Waals surface area (Å²) in [6.07, 6.45) is 1.70. The van der Waals surface area contributed by atoms with E-state index in [1.807, 2.05) is 0 Å². The lowest BCUT2D eigenvalue weighted by Gasteiger charge is -2.14. The summed E-state index contributed by atoms with van der Waals surface area (Å²) in [6, 6.07) is 0.278. The van der Waals surface area contributed by atoms with Crippen molar-refractivity contribution in [3.63, 3.8) is 0 Å². The van der Waals surface area contributed by atoms with Crippen LogP contribution >= 0.6 is 0 Å². The third-order valence-electron chi connectivity index (χ3n) is 2.25. The third kappa shape index (κ3) is 2.14. The van der Waals surface area contributed by atoms with Crippen LogP contribution in [0.5, 0.6) is 0 Å². The van der Waals surface area contributed by atoms with Gasteiger partial charge in [-0.1, -0.05) is 19.1 Å². The van der Waals surface area contributed by atoms with E-state index in [1.165, 1.54) is 6.92 Å². The maximum absolute atomic E-state index is 10.9. The van der Waals surface area contributed by atoms with Crippen molar-refractivity contribution >= 4 is 5.78 Å². The van der Waals surface area contributed by atoms with E-state index in [1.54, 1.807) is 10.9 Å². The fourth-order valence-electron chi connectivity index (χ4n) is 0.943. The van der Waals surface area contributed by atoms with Crippen LogP contribution < -0.4 is 0 Å². The first-order chi connectivity index (χ1) is 6.02. The normalized spacial score (nSPS) is 13.3. The summed E-state index contributed by atoms with van der Waals surface area (Å²) in [7, 11) is 0. The molecule has 72 valence electrons. The minimum absolute atomic E-state index is 0.0396. The summed E-state index contributed by atoms with van der Waals surface area (Å²) >= 11 is 0. The van der Waals surface area contributed by atoms with Gasteiger partial charge in [-0.25, -0.2) is 4.68 Å². The monoisotopic (exact) mass is 181 g/mol. The summed E-state index contributed by atoms with van der Waals surface area (Å²) in [5, 5.41) is 7.69. The van der Waals surface area contributed by atoms with Crippen LogP contribution in [0.15, 0.2) is 6.20 Å². The van der Waals surface area contributed by atoms with E-state index in [0.717, 1.165) is 0 Å². The van der Waals surface area contributed by atoms with Crippen LogP contribution in [0.25, 0.3) is 0 Å². The number of ketones is 1. The first kappa shape index (κ1) is 9.89. The average molecular weight is 181 g/mol. The Bertz CT molecular complexity index is 304. The van der Waals surface area contributed by atoms with Crippen molar-refractivity contribution in [2.24, 2.45) is 5.92 Å². The van der Waals surface area contributed by atoms with Gasteiger partial charge < -0.3 is 0 Å². The molecule has 0 spiro atoms. The number of hydrogen-bond donors (Lipinski definition) is 0. The Morgan fingerprint density at radius 2 is 2.08 bits per heavy atom. The van der Waals surface area contributed by atoms with Gasteiger partial charge in [-0.2, -0.15) is 0 Å². The lowest BCUT2D eigenvalue weighted by molar-refractivity contribution is 0.101. The molecule has 0 fully saturated rings. The molecule has 13 heavy (non-hydrogen) atoms. The largest absolute Gasteiger partial charge is 0.293 e. The molecule has 0 aliphatic rings. The van der Waals surface area contributed by atoms with Gasteiger partial charge >= 0.3 is 0 Å². The zero-order chi connectivity index (χ0) is 10.0. The smallest absolute Gasteiger partial charge is 0.181 e. The molecule has 1 atom stereocenters. The summed E-state index contributed by atoms with van der Waals surface area (Å²) in [6.45, 7) is 7.78. The first-order valence-electron chi connectivity index (χ1n) is 4.45. The number of aromatic nitrogens is 3. The van der Waals surface area contributed by atoms with Crippen LogP contribution in [0.2, 0.25) is 0 Å². The molecule has 1 rings (SSSR count). The second kappa shape index (κ2) is 3.68. The molecule has 1 aromatic rings. The first-order valence-corrected chi connectivity index (χ1v) is 4.45. The Kier molecular flexibility index (Phi) is 2.80. The summed E-state index contributed by atoms with van der Waals surface area (Å²) in [5.74, 6) is 0.448. The molecule has 4 heteroatoms. The number of carbonyl (C=O) groups excluding carboxylic acids is 1. The zero-order valence-electron chi connectivity index (χ0n) is 8.48. The molecule has 0 aromatic carbocycles. The van der Waals surface area contributed by atoms with Crippen molar-refractivity contribution < 1.29 is 4.79 Å². The minimum Gasteiger partial charge on any atom is -0.293 e. The van der Waals surface area contributed by atoms with Gasteiger partial charge in [0, 0.05) is 6.92 Å². The quantitative estimate of drug-likeness (QED) is 0.667. The van der Waals surface area contributed by atoms with Gasteiger partial charge in [0.1, 0.15) is 5.69 Å². The zero-order valence-corrected chi connectivity index (χ0v) is 8.48. The van der Waals surface area contributed by atoms with E-state index in [0.29, 0.717) is 11.6 Å². The molecule has 4 nitrogen and oxygen atoms in total. The molecule has 0 aliphatic carbocycles. The number of rotatable bonds is 3. The molecule has 0 radical (unpaired) electrons. The van der Waals surface area contributed by atoms with Crippen LogP contribution in [0.4, 0.5) is 0 Å². The van der Waals surface area contributed by atoms with Gasteiger partial charge in [0.05, 0.1) is 12.2 Å². The summed E-state index contributed by atoms with van der Waals surface area (Å²) < 4.78 is 1.74. The van der Waals surface area contributed by atoms with Crippen LogP contribution in [0.1, 0.15) is 44.2 Å². The maximum atomic E-state index is 10.9. The SMILES string of the molecule is CC(=O)c1cn(C(C)C(C)C)nn1. The maximum Gasteiger partial charge on any atom is 0.181 e. The molecule has 0 amide bonds. The van der Waals surface area contributed by atoms with Crippen molar-refractivity contribution in [3.8, 4) is 0 Å². The van der Waals surface area contributed by atoms with Crippen LogP contribution in [0, 0.1) is 5.92 Å². The Morgan fingerprint density at radius 3 is 2.46 bits per heavy atom. The van der Waals surface area contributed by atoms with Crippen molar-refractivity contribution in [1.29, 1.82) is 0 Å². The van der Waals surface area contributed by atoms with Gasteiger partial charge in [-0.15, -0.1) is 5.10 Å². The van der Waals surface area contributed by atoms with Gasteiger partial charge in [0.2, 0.25) is 0 Å². The van der Waals surface area contributed by atoms with Gasteiger partial charge in [0.25, 0.3) is 0 Å². The highest BCUT2D eigenvalue weighted by Gasteiger charge is 2.12. The topological polar surface area (TPSA) is 47.8 Å². The van der Waals surface area contributed by atoms with Crippen molar-refractivity contribution in [2.75, 3.05) is 0 Å². The van der Waals surface area contributed by atoms with Gasteiger partial charge in [-0.05, 0) is 12.8 Å². The minimum atomic E-state index is -0.0396. The number of Topliss-reactive ketones (excluding diaryl/α,β-unsaturated/α-hetero) is 1. The second-order valence-electron chi connectivity index (χ2n) is 3.62. The fourth-order valence-corrected chi connectivity index (χ4v) is 0.943. The van der Waals surface area contributed by atoms with E-state index in [-0.39, 0.29) is 11.8 Å².